The van der Waals surface area contributed by atoms with E-state index in [-0.39, 0.29) is 0 Å². The third-order valence-corrected chi connectivity index (χ3v) is 4.31. The highest BCUT2D eigenvalue weighted by molar-refractivity contribution is 4.95. The molecule has 1 aromatic rings. The maximum Gasteiger partial charge on any atom is 0.138 e. The zero-order chi connectivity index (χ0) is 13.8. The van der Waals surface area contributed by atoms with Crippen molar-refractivity contribution in [2.24, 2.45) is 11.8 Å². The van der Waals surface area contributed by atoms with Crippen LogP contribution in [0.25, 0.3) is 0 Å². The van der Waals surface area contributed by atoms with Crippen molar-refractivity contribution in [2.75, 3.05) is 6.54 Å². The summed E-state index contributed by atoms with van der Waals surface area (Å²) < 4.78 is 2.06. The smallest absolute Gasteiger partial charge is 0.138 e. The van der Waals surface area contributed by atoms with Gasteiger partial charge in [-0.3, -0.25) is 0 Å². The molecule has 108 valence electrons. The van der Waals surface area contributed by atoms with Gasteiger partial charge in [0.1, 0.15) is 12.2 Å². The van der Waals surface area contributed by atoms with Crippen LogP contribution in [-0.4, -0.2) is 27.4 Å². The Hall–Kier alpha value is -0.900. The molecule has 4 nitrogen and oxygen atoms in total. The quantitative estimate of drug-likeness (QED) is 0.859. The Morgan fingerprint density at radius 1 is 1.42 bits per heavy atom. The van der Waals surface area contributed by atoms with Crippen LogP contribution in [0, 0.1) is 11.8 Å². The van der Waals surface area contributed by atoms with Gasteiger partial charge in [-0.2, -0.15) is 5.10 Å². The second kappa shape index (κ2) is 6.51. The van der Waals surface area contributed by atoms with Crippen molar-refractivity contribution in [2.45, 2.75) is 65.5 Å². The Labute approximate surface area is 117 Å². The van der Waals surface area contributed by atoms with E-state index in [9.17, 15) is 0 Å². The highest BCUT2D eigenvalue weighted by Crippen LogP contribution is 2.33. The van der Waals surface area contributed by atoms with Gasteiger partial charge >= 0.3 is 0 Å². The van der Waals surface area contributed by atoms with Crippen molar-refractivity contribution in [1.82, 2.24) is 20.1 Å². The molecular formula is C15H28N4. The van der Waals surface area contributed by atoms with E-state index in [1.165, 1.54) is 19.3 Å². The fraction of sp³-hybridized carbons (Fsp3) is 0.867. The van der Waals surface area contributed by atoms with Crippen molar-refractivity contribution in [1.29, 1.82) is 0 Å². The van der Waals surface area contributed by atoms with Gasteiger partial charge < -0.3 is 5.32 Å². The minimum absolute atomic E-state index is 0.391. The van der Waals surface area contributed by atoms with Crippen LogP contribution >= 0.6 is 0 Å². The zero-order valence-electron chi connectivity index (χ0n) is 12.8. The van der Waals surface area contributed by atoms with Gasteiger partial charge in [0.05, 0.1) is 0 Å². The molecule has 0 saturated heterocycles. The van der Waals surface area contributed by atoms with E-state index < -0.39 is 0 Å². The molecule has 0 bridgehead atoms. The van der Waals surface area contributed by atoms with Crippen LogP contribution < -0.4 is 5.32 Å². The third-order valence-electron chi connectivity index (χ3n) is 4.31. The van der Waals surface area contributed by atoms with Gasteiger partial charge in [0.2, 0.25) is 0 Å². The summed E-state index contributed by atoms with van der Waals surface area (Å²) in [5.41, 5.74) is 0. The van der Waals surface area contributed by atoms with Crippen LogP contribution in [0.1, 0.15) is 58.8 Å². The average molecular weight is 264 g/mol. The molecule has 1 aromatic heterocycles. The van der Waals surface area contributed by atoms with Gasteiger partial charge in [-0.25, -0.2) is 9.67 Å². The maximum absolute atomic E-state index is 4.46. The molecule has 1 saturated carbocycles. The van der Waals surface area contributed by atoms with Crippen molar-refractivity contribution in [3.05, 3.63) is 12.2 Å². The summed E-state index contributed by atoms with van der Waals surface area (Å²) in [7, 11) is 0. The molecule has 1 aliphatic carbocycles. The summed E-state index contributed by atoms with van der Waals surface area (Å²) in [4.78, 5) is 4.46. The van der Waals surface area contributed by atoms with Crippen molar-refractivity contribution in [3.8, 4) is 0 Å². The molecule has 0 amide bonds. The first-order valence-electron chi connectivity index (χ1n) is 7.73. The molecule has 1 aliphatic rings. The van der Waals surface area contributed by atoms with Crippen molar-refractivity contribution in [3.63, 3.8) is 0 Å². The summed E-state index contributed by atoms with van der Waals surface area (Å²) in [6.45, 7) is 9.93. The Morgan fingerprint density at radius 2 is 2.21 bits per heavy atom. The minimum Gasteiger partial charge on any atom is -0.314 e. The van der Waals surface area contributed by atoms with E-state index in [1.807, 2.05) is 0 Å². The molecular weight excluding hydrogens is 236 g/mol. The number of nitrogens with one attached hydrogen (secondary N) is 1. The highest BCUT2D eigenvalue weighted by atomic mass is 15.3. The number of aromatic nitrogens is 3. The Balaban J connectivity index is 2.05. The summed E-state index contributed by atoms with van der Waals surface area (Å²) in [5.74, 6) is 2.81. The average Bonchev–Trinajstić information content (AvgIpc) is 2.97. The topological polar surface area (TPSA) is 42.7 Å². The molecule has 0 aliphatic heterocycles. The lowest BCUT2D eigenvalue weighted by Gasteiger charge is -2.24. The summed E-state index contributed by atoms with van der Waals surface area (Å²) >= 11 is 0. The number of likely N-dealkylation sites (N-methyl/N-ethyl adjacent to an activating group) is 1. The van der Waals surface area contributed by atoms with Crippen LogP contribution in [0.15, 0.2) is 6.33 Å². The lowest BCUT2D eigenvalue weighted by Crippen LogP contribution is -2.38. The highest BCUT2D eigenvalue weighted by Gasteiger charge is 2.29. The van der Waals surface area contributed by atoms with E-state index in [1.54, 1.807) is 6.33 Å². The maximum atomic E-state index is 4.46. The first kappa shape index (κ1) is 14.5. The molecule has 4 heteroatoms. The van der Waals surface area contributed by atoms with E-state index in [4.69, 9.17) is 0 Å². The second-order valence-electron chi connectivity index (χ2n) is 6.26. The number of nitrogens with zero attached hydrogens (tertiary/aromatic N) is 3. The molecule has 19 heavy (non-hydrogen) atoms. The third kappa shape index (κ3) is 3.56. The Morgan fingerprint density at radius 3 is 2.79 bits per heavy atom. The summed E-state index contributed by atoms with van der Waals surface area (Å²) in [5, 5.41) is 8.02. The van der Waals surface area contributed by atoms with Crippen molar-refractivity contribution >= 4 is 0 Å². The van der Waals surface area contributed by atoms with Gasteiger partial charge in [-0.05, 0) is 45.1 Å². The monoisotopic (exact) mass is 264 g/mol. The lowest BCUT2D eigenvalue weighted by atomic mass is 9.94. The van der Waals surface area contributed by atoms with Crippen LogP contribution in [0.5, 0.6) is 0 Å². The SMILES string of the molecule is CCNC(Cc1ncnn1C(C)C)C1CCC(C)C1. The summed E-state index contributed by atoms with van der Waals surface area (Å²) in [6.07, 6.45) is 6.78. The number of hydrogen-bond donors (Lipinski definition) is 1. The van der Waals surface area contributed by atoms with Gasteiger partial charge in [0.25, 0.3) is 0 Å². The Kier molecular flexibility index (Phi) is 4.97. The molecule has 3 unspecified atom stereocenters. The van der Waals surface area contributed by atoms with Gasteiger partial charge in [-0.1, -0.05) is 20.3 Å². The van der Waals surface area contributed by atoms with Crippen LogP contribution in [0.3, 0.4) is 0 Å². The fourth-order valence-electron chi connectivity index (χ4n) is 3.33. The molecule has 1 fully saturated rings. The normalized spacial score (nSPS) is 25.1. The second-order valence-corrected chi connectivity index (χ2v) is 6.26. The fourth-order valence-corrected chi connectivity index (χ4v) is 3.33. The van der Waals surface area contributed by atoms with E-state index in [0.717, 1.165) is 30.6 Å². The number of hydrogen-bond acceptors (Lipinski definition) is 3. The molecule has 0 aromatic carbocycles. The molecule has 1 heterocycles. The predicted octanol–water partition coefficient (Wildman–Crippen LogP) is 2.82. The predicted molar refractivity (Wildman–Crippen MR) is 78.1 cm³/mol. The van der Waals surface area contributed by atoms with E-state index in [2.05, 4.69) is 47.8 Å². The van der Waals surface area contributed by atoms with E-state index in [0.29, 0.717) is 12.1 Å². The molecule has 1 N–H and O–H groups in total. The van der Waals surface area contributed by atoms with Gasteiger partial charge in [0, 0.05) is 18.5 Å². The zero-order valence-corrected chi connectivity index (χ0v) is 12.8. The van der Waals surface area contributed by atoms with Crippen LogP contribution in [0.4, 0.5) is 0 Å². The molecule has 0 radical (unpaired) electrons. The van der Waals surface area contributed by atoms with Gasteiger partial charge in [-0.15, -0.1) is 0 Å². The van der Waals surface area contributed by atoms with E-state index >= 15 is 0 Å². The van der Waals surface area contributed by atoms with Crippen LogP contribution in [-0.2, 0) is 6.42 Å². The first-order chi connectivity index (χ1) is 9.11. The molecule has 0 spiro atoms. The molecule has 2 rings (SSSR count). The van der Waals surface area contributed by atoms with Gasteiger partial charge in [0.15, 0.2) is 0 Å². The number of rotatable bonds is 6. The first-order valence-corrected chi connectivity index (χ1v) is 7.73. The van der Waals surface area contributed by atoms with Crippen LogP contribution in [0.2, 0.25) is 0 Å². The van der Waals surface area contributed by atoms with Crippen molar-refractivity contribution < 1.29 is 0 Å². The standard InChI is InChI=1S/C15H28N4/c1-5-16-14(13-7-6-12(4)8-13)9-15-17-10-18-19(15)11(2)3/h10-14,16H,5-9H2,1-4H3. The summed E-state index contributed by atoms with van der Waals surface area (Å²) in [6, 6.07) is 0.943. The minimum atomic E-state index is 0.391. The molecule has 3 atom stereocenters. The lowest BCUT2D eigenvalue weighted by molar-refractivity contribution is 0.341. The largest absolute Gasteiger partial charge is 0.314 e. The Bertz CT molecular complexity index is 385.